The highest BCUT2D eigenvalue weighted by Crippen LogP contribution is 2.26. The number of aliphatic hydroxyl groups is 1. The Labute approximate surface area is 173 Å². The summed E-state index contributed by atoms with van der Waals surface area (Å²) in [6, 6.07) is 5.56. The summed E-state index contributed by atoms with van der Waals surface area (Å²) in [5, 5.41) is 9.59. The maximum Gasteiger partial charge on any atom is 0.243 e. The fourth-order valence-electron chi connectivity index (χ4n) is 4.57. The Hall–Kier alpha value is -1.48. The summed E-state index contributed by atoms with van der Waals surface area (Å²) in [5.41, 5.74) is 2.44. The fraction of sp³-hybridized carbons (Fsp3) is 0.667. The maximum atomic E-state index is 13.1. The van der Waals surface area contributed by atoms with Gasteiger partial charge in [-0.05, 0) is 61.8 Å². The highest BCUT2D eigenvalue weighted by Gasteiger charge is 2.31. The number of rotatable bonds is 4. The van der Waals surface area contributed by atoms with Gasteiger partial charge in [0.2, 0.25) is 15.9 Å². The molecule has 4 rings (SSSR count). The number of sulfonamides is 1. The molecule has 0 aromatic heterocycles. The number of amides is 1. The van der Waals surface area contributed by atoms with Crippen LogP contribution < -0.4 is 0 Å². The highest BCUT2D eigenvalue weighted by atomic mass is 32.2. The van der Waals surface area contributed by atoms with Gasteiger partial charge in [0.25, 0.3) is 0 Å². The first-order chi connectivity index (χ1) is 13.9. The summed E-state index contributed by atoms with van der Waals surface area (Å²) < 4.78 is 27.7. The van der Waals surface area contributed by atoms with Gasteiger partial charge in [-0.25, -0.2) is 8.42 Å². The standard InChI is InChI=1S/C21H31N3O4S/c25-19-7-9-22(10-8-19)16-21(26)23-11-13-24(14-12-23)29(27,28)20-6-5-17-3-1-2-4-18(17)15-20/h5-6,15,19,25H,1-4,7-14,16H2. The number of hydrogen-bond acceptors (Lipinski definition) is 5. The minimum Gasteiger partial charge on any atom is -0.393 e. The Bertz CT molecular complexity index is 841. The van der Waals surface area contributed by atoms with Gasteiger partial charge in [0, 0.05) is 39.3 Å². The quantitative estimate of drug-likeness (QED) is 0.780. The van der Waals surface area contributed by atoms with Gasteiger partial charge in [0.15, 0.2) is 0 Å². The third-order valence-corrected chi connectivity index (χ3v) is 8.36. The second kappa shape index (κ2) is 8.71. The third kappa shape index (κ3) is 4.66. The second-order valence-electron chi connectivity index (χ2n) is 8.43. The van der Waals surface area contributed by atoms with Crippen LogP contribution in [-0.2, 0) is 27.7 Å². The lowest BCUT2D eigenvalue weighted by molar-refractivity contribution is -0.134. The number of likely N-dealkylation sites (tertiary alicyclic amines) is 1. The molecule has 1 aromatic carbocycles. The van der Waals surface area contributed by atoms with Gasteiger partial charge in [0.1, 0.15) is 0 Å². The van der Waals surface area contributed by atoms with E-state index < -0.39 is 10.0 Å². The number of benzene rings is 1. The van der Waals surface area contributed by atoms with Crippen molar-refractivity contribution >= 4 is 15.9 Å². The molecule has 3 aliphatic rings. The normalized spacial score (nSPS) is 22.4. The van der Waals surface area contributed by atoms with Crippen molar-refractivity contribution in [2.45, 2.75) is 49.5 Å². The van der Waals surface area contributed by atoms with Crippen molar-refractivity contribution in [1.82, 2.24) is 14.1 Å². The fourth-order valence-corrected chi connectivity index (χ4v) is 6.04. The molecule has 1 amide bonds. The van der Waals surface area contributed by atoms with Crippen LogP contribution in [0.25, 0.3) is 0 Å². The number of aliphatic hydroxyl groups excluding tert-OH is 1. The second-order valence-corrected chi connectivity index (χ2v) is 10.4. The molecule has 2 fully saturated rings. The summed E-state index contributed by atoms with van der Waals surface area (Å²) in [5.74, 6) is 0.0484. The summed E-state index contributed by atoms with van der Waals surface area (Å²) in [7, 11) is -3.52. The lowest BCUT2D eigenvalue weighted by Crippen LogP contribution is -2.53. The van der Waals surface area contributed by atoms with Crippen LogP contribution in [0.3, 0.4) is 0 Å². The van der Waals surface area contributed by atoms with Crippen LogP contribution in [0.2, 0.25) is 0 Å². The predicted octanol–water partition coefficient (Wildman–Crippen LogP) is 0.855. The van der Waals surface area contributed by atoms with Crippen LogP contribution in [0.15, 0.2) is 23.1 Å². The van der Waals surface area contributed by atoms with Crippen LogP contribution in [-0.4, -0.2) is 85.5 Å². The number of piperidine rings is 1. The Balaban J connectivity index is 1.34. The minimum atomic E-state index is -3.52. The monoisotopic (exact) mass is 421 g/mol. The molecule has 29 heavy (non-hydrogen) atoms. The van der Waals surface area contributed by atoms with E-state index in [-0.39, 0.29) is 12.0 Å². The van der Waals surface area contributed by atoms with E-state index in [1.165, 1.54) is 16.3 Å². The molecule has 0 radical (unpaired) electrons. The van der Waals surface area contributed by atoms with Crippen LogP contribution >= 0.6 is 0 Å². The molecular weight excluding hydrogens is 390 g/mol. The molecule has 160 valence electrons. The minimum absolute atomic E-state index is 0.0484. The van der Waals surface area contributed by atoms with Crippen molar-refractivity contribution in [3.05, 3.63) is 29.3 Å². The first kappa shape index (κ1) is 20.8. The molecule has 2 aliphatic heterocycles. The number of carbonyl (C=O) groups is 1. The van der Waals surface area contributed by atoms with Crippen LogP contribution in [0, 0.1) is 0 Å². The SMILES string of the molecule is O=C(CN1CCC(O)CC1)N1CCN(S(=O)(=O)c2ccc3c(c2)CCCC3)CC1. The van der Waals surface area contributed by atoms with Gasteiger partial charge in [-0.1, -0.05) is 6.07 Å². The van der Waals surface area contributed by atoms with Gasteiger partial charge in [0.05, 0.1) is 17.5 Å². The van der Waals surface area contributed by atoms with E-state index in [0.717, 1.165) is 37.9 Å². The van der Waals surface area contributed by atoms with E-state index in [1.807, 2.05) is 12.1 Å². The predicted molar refractivity (Wildman–Crippen MR) is 110 cm³/mol. The van der Waals surface area contributed by atoms with E-state index in [9.17, 15) is 18.3 Å². The number of aryl methyl sites for hydroxylation is 2. The maximum absolute atomic E-state index is 13.1. The van der Waals surface area contributed by atoms with Crippen molar-refractivity contribution in [2.75, 3.05) is 45.8 Å². The third-order valence-electron chi connectivity index (χ3n) is 6.47. The smallest absolute Gasteiger partial charge is 0.243 e. The first-order valence-electron chi connectivity index (χ1n) is 10.7. The van der Waals surface area contributed by atoms with Gasteiger partial charge >= 0.3 is 0 Å². The average Bonchev–Trinajstić information content (AvgIpc) is 2.75. The molecule has 0 atom stereocenters. The van der Waals surface area contributed by atoms with Crippen molar-refractivity contribution < 1.29 is 18.3 Å². The zero-order valence-electron chi connectivity index (χ0n) is 16.9. The Morgan fingerprint density at radius 1 is 0.966 bits per heavy atom. The molecule has 0 bridgehead atoms. The number of carbonyl (C=O) groups excluding carboxylic acids is 1. The summed E-state index contributed by atoms with van der Waals surface area (Å²) in [6.45, 7) is 3.36. The molecule has 1 aliphatic carbocycles. The molecule has 0 unspecified atom stereocenters. The van der Waals surface area contributed by atoms with Crippen molar-refractivity contribution in [3.63, 3.8) is 0 Å². The molecule has 2 saturated heterocycles. The highest BCUT2D eigenvalue weighted by molar-refractivity contribution is 7.89. The molecule has 7 nitrogen and oxygen atoms in total. The van der Waals surface area contributed by atoms with E-state index in [0.29, 0.717) is 50.5 Å². The average molecular weight is 422 g/mol. The number of piperazine rings is 1. The van der Waals surface area contributed by atoms with Crippen molar-refractivity contribution in [2.24, 2.45) is 0 Å². The number of nitrogens with zero attached hydrogens (tertiary/aromatic N) is 3. The topological polar surface area (TPSA) is 81.2 Å². The molecule has 1 N–H and O–H groups in total. The molecular formula is C21H31N3O4S. The molecule has 8 heteroatoms. The van der Waals surface area contributed by atoms with E-state index in [2.05, 4.69) is 4.90 Å². The van der Waals surface area contributed by atoms with E-state index in [4.69, 9.17) is 0 Å². The Morgan fingerprint density at radius 3 is 2.31 bits per heavy atom. The lowest BCUT2D eigenvalue weighted by atomic mass is 9.92. The van der Waals surface area contributed by atoms with Crippen molar-refractivity contribution in [3.8, 4) is 0 Å². The van der Waals surface area contributed by atoms with Gasteiger partial charge in [-0.3, -0.25) is 9.69 Å². The molecule has 2 heterocycles. The van der Waals surface area contributed by atoms with Crippen molar-refractivity contribution in [1.29, 1.82) is 0 Å². The largest absolute Gasteiger partial charge is 0.393 e. The van der Waals surface area contributed by atoms with E-state index in [1.54, 1.807) is 11.0 Å². The summed E-state index contributed by atoms with van der Waals surface area (Å²) >= 11 is 0. The van der Waals surface area contributed by atoms with Crippen LogP contribution in [0.5, 0.6) is 0 Å². The van der Waals surface area contributed by atoms with Gasteiger partial charge < -0.3 is 10.0 Å². The first-order valence-corrected chi connectivity index (χ1v) is 12.2. The van der Waals surface area contributed by atoms with Crippen LogP contribution in [0.1, 0.15) is 36.8 Å². The summed E-state index contributed by atoms with van der Waals surface area (Å²) in [6.07, 6.45) is 5.44. The Morgan fingerprint density at radius 2 is 1.62 bits per heavy atom. The van der Waals surface area contributed by atoms with Gasteiger partial charge in [-0.15, -0.1) is 0 Å². The number of fused-ring (bicyclic) bond motifs is 1. The molecule has 0 spiro atoms. The number of hydrogen-bond donors (Lipinski definition) is 1. The molecule has 1 aromatic rings. The molecule has 0 saturated carbocycles. The lowest BCUT2D eigenvalue weighted by Gasteiger charge is -2.36. The zero-order chi connectivity index (χ0) is 20.4. The summed E-state index contributed by atoms with van der Waals surface area (Å²) in [4.78, 5) is 16.8. The van der Waals surface area contributed by atoms with Crippen LogP contribution in [0.4, 0.5) is 0 Å². The zero-order valence-corrected chi connectivity index (χ0v) is 17.7. The van der Waals surface area contributed by atoms with Gasteiger partial charge in [-0.2, -0.15) is 4.31 Å². The van der Waals surface area contributed by atoms with E-state index >= 15 is 0 Å². The Kier molecular flexibility index (Phi) is 6.24.